The van der Waals surface area contributed by atoms with Crippen molar-refractivity contribution in [3.63, 3.8) is 0 Å². The lowest BCUT2D eigenvalue weighted by molar-refractivity contribution is 0.100. The summed E-state index contributed by atoms with van der Waals surface area (Å²) in [6.07, 6.45) is 5.69. The number of tetrazole rings is 1. The number of nitrogens with one attached hydrogen (secondary N) is 1. The molecule has 1 aliphatic heterocycles. The Morgan fingerprint density at radius 2 is 1.75 bits per heavy atom. The topological polar surface area (TPSA) is 60.9 Å². The molecule has 1 aliphatic carbocycles. The van der Waals surface area contributed by atoms with Crippen LogP contribution in [0, 0.1) is 0 Å². The van der Waals surface area contributed by atoms with E-state index >= 15 is 0 Å². The molecule has 0 spiro atoms. The fourth-order valence-electron chi connectivity index (χ4n) is 5.63. The van der Waals surface area contributed by atoms with Gasteiger partial charge in [-0.1, -0.05) is 81.1 Å². The number of alkyl halides is 2. The number of halogens is 2. The molecule has 6 nitrogen and oxygen atoms in total. The second-order valence-corrected chi connectivity index (χ2v) is 9.83. The third-order valence-electron chi connectivity index (χ3n) is 7.47. The normalized spacial score (nSPS) is 17.0. The molecule has 0 radical (unpaired) electrons. The van der Waals surface area contributed by atoms with Gasteiger partial charge >= 0.3 is 0 Å². The van der Waals surface area contributed by atoms with Gasteiger partial charge < -0.3 is 9.80 Å². The average molecular weight is 493 g/mol. The Balaban J connectivity index is 1.38. The number of nitrogens with zero attached hydrogens (tertiary/aromatic N) is 5. The van der Waals surface area contributed by atoms with Crippen molar-refractivity contribution in [2.24, 2.45) is 0 Å². The average Bonchev–Trinajstić information content (AvgIpc) is 3.57. The molecule has 0 saturated heterocycles. The number of hydrogen-bond acceptors (Lipinski definition) is 5. The molecular formula is C28H34F2N6. The van der Waals surface area contributed by atoms with Gasteiger partial charge in [-0.2, -0.15) is 0 Å². The summed E-state index contributed by atoms with van der Waals surface area (Å²) in [5.74, 6) is 0.625. The molecule has 1 N–H and O–H groups in total. The third kappa shape index (κ3) is 5.13. The highest BCUT2D eigenvalue weighted by Gasteiger charge is 2.37. The maximum atomic E-state index is 14.4. The van der Waals surface area contributed by atoms with Crippen molar-refractivity contribution in [2.45, 2.75) is 77.3 Å². The van der Waals surface area contributed by atoms with Gasteiger partial charge in [0.1, 0.15) is 5.70 Å². The Kier molecular flexibility index (Phi) is 7.58. The molecule has 1 saturated carbocycles. The minimum atomic E-state index is -2.44. The number of allylic oxidation sites excluding steroid dienone is 2. The molecule has 5 rings (SSSR count). The van der Waals surface area contributed by atoms with Gasteiger partial charge in [0.2, 0.25) is 0 Å². The first kappa shape index (κ1) is 24.4. The number of aromatic amines is 1. The van der Waals surface area contributed by atoms with Crippen molar-refractivity contribution < 1.29 is 8.78 Å². The molecule has 0 unspecified atom stereocenters. The smallest absolute Gasteiger partial charge is 0.279 e. The molecule has 8 heteroatoms. The highest BCUT2D eigenvalue weighted by atomic mass is 19.3. The lowest BCUT2D eigenvalue weighted by atomic mass is 9.94. The monoisotopic (exact) mass is 492 g/mol. The number of rotatable bonds is 9. The molecule has 190 valence electrons. The maximum Gasteiger partial charge on any atom is 0.279 e. The van der Waals surface area contributed by atoms with Crippen LogP contribution in [0.3, 0.4) is 0 Å². The summed E-state index contributed by atoms with van der Waals surface area (Å²) in [6.45, 7) is 3.31. The number of benzene rings is 2. The van der Waals surface area contributed by atoms with Crippen LogP contribution in [0.5, 0.6) is 0 Å². The summed E-state index contributed by atoms with van der Waals surface area (Å²) < 4.78 is 28.8. The summed E-state index contributed by atoms with van der Waals surface area (Å²) in [7, 11) is 0. The summed E-state index contributed by atoms with van der Waals surface area (Å²) in [5.41, 5.74) is 5.27. The van der Waals surface area contributed by atoms with Crippen molar-refractivity contribution in [1.29, 1.82) is 0 Å². The van der Waals surface area contributed by atoms with E-state index in [2.05, 4.69) is 62.8 Å². The molecule has 1 aromatic heterocycles. The Morgan fingerprint density at radius 1 is 1.00 bits per heavy atom. The van der Waals surface area contributed by atoms with Crippen LogP contribution in [-0.4, -0.2) is 49.6 Å². The highest BCUT2D eigenvalue weighted by Crippen LogP contribution is 2.38. The fraction of sp³-hybridized carbons (Fsp3) is 0.464. The Morgan fingerprint density at radius 3 is 2.42 bits per heavy atom. The van der Waals surface area contributed by atoms with Gasteiger partial charge in [-0.05, 0) is 52.8 Å². The van der Waals surface area contributed by atoms with Gasteiger partial charge in [0, 0.05) is 23.8 Å². The SMILES string of the molecule is CCCCC1=C(C(F)F)N(C2CCCCC2)CN1Cc1ccc(-c2ccccc2-c2nnn[nH]2)cc1. The molecule has 1 fully saturated rings. The molecule has 0 bridgehead atoms. The van der Waals surface area contributed by atoms with Crippen LogP contribution < -0.4 is 0 Å². The zero-order valence-corrected chi connectivity index (χ0v) is 20.8. The van der Waals surface area contributed by atoms with E-state index in [-0.39, 0.29) is 11.7 Å². The van der Waals surface area contributed by atoms with E-state index in [1.807, 2.05) is 23.1 Å². The van der Waals surface area contributed by atoms with Crippen molar-refractivity contribution in [2.75, 3.05) is 6.67 Å². The Hall–Kier alpha value is -3.29. The number of H-pyrrole nitrogens is 1. The van der Waals surface area contributed by atoms with E-state index in [1.54, 1.807) is 0 Å². The van der Waals surface area contributed by atoms with E-state index in [0.29, 0.717) is 25.5 Å². The quantitative estimate of drug-likeness (QED) is 0.364. The summed E-state index contributed by atoms with van der Waals surface area (Å²) in [6, 6.07) is 16.6. The van der Waals surface area contributed by atoms with E-state index in [1.165, 1.54) is 6.42 Å². The molecule has 2 heterocycles. The second-order valence-electron chi connectivity index (χ2n) is 9.83. The van der Waals surface area contributed by atoms with Gasteiger partial charge in [-0.25, -0.2) is 13.9 Å². The van der Waals surface area contributed by atoms with Crippen LogP contribution in [0.25, 0.3) is 22.5 Å². The van der Waals surface area contributed by atoms with Gasteiger partial charge in [-0.3, -0.25) is 0 Å². The van der Waals surface area contributed by atoms with Crippen LogP contribution in [0.1, 0.15) is 63.9 Å². The first-order valence-electron chi connectivity index (χ1n) is 13.1. The Labute approximate surface area is 211 Å². The lowest BCUT2D eigenvalue weighted by Gasteiger charge is -2.34. The molecular weight excluding hydrogens is 458 g/mol. The number of aromatic nitrogens is 4. The van der Waals surface area contributed by atoms with Crippen molar-refractivity contribution in [3.8, 4) is 22.5 Å². The molecule has 0 atom stereocenters. The van der Waals surface area contributed by atoms with E-state index in [0.717, 1.165) is 66.5 Å². The predicted octanol–water partition coefficient (Wildman–Crippen LogP) is 6.61. The van der Waals surface area contributed by atoms with Crippen LogP contribution >= 0.6 is 0 Å². The molecule has 3 aromatic rings. The first-order chi connectivity index (χ1) is 17.7. The Bertz CT molecular complexity index is 1150. The maximum absolute atomic E-state index is 14.4. The van der Waals surface area contributed by atoms with Crippen LogP contribution in [0.2, 0.25) is 0 Å². The second kappa shape index (κ2) is 11.2. The predicted molar refractivity (Wildman–Crippen MR) is 137 cm³/mol. The van der Waals surface area contributed by atoms with Crippen molar-refractivity contribution >= 4 is 0 Å². The van der Waals surface area contributed by atoms with Gasteiger partial charge in [0.15, 0.2) is 5.82 Å². The zero-order valence-electron chi connectivity index (χ0n) is 20.8. The van der Waals surface area contributed by atoms with Crippen molar-refractivity contribution in [1.82, 2.24) is 30.4 Å². The third-order valence-corrected chi connectivity index (χ3v) is 7.47. The molecule has 0 amide bonds. The minimum absolute atomic E-state index is 0.230. The van der Waals surface area contributed by atoms with Gasteiger partial charge in [-0.15, -0.1) is 5.10 Å². The van der Waals surface area contributed by atoms with E-state index in [4.69, 9.17) is 0 Å². The van der Waals surface area contributed by atoms with Crippen LogP contribution in [0.4, 0.5) is 8.78 Å². The highest BCUT2D eigenvalue weighted by molar-refractivity contribution is 5.80. The molecule has 2 aliphatic rings. The molecule has 2 aromatic carbocycles. The molecule has 36 heavy (non-hydrogen) atoms. The standard InChI is InChI=1S/C28H34F2N6/c1-2-3-13-25-26(27(29)30)36(22-9-5-4-6-10-22)19-35(25)18-20-14-16-21(17-15-20)23-11-7-8-12-24(23)28-31-33-34-32-28/h7-8,11-12,14-17,22,27H,2-6,9-10,13,18-19H2,1H3,(H,31,32,33,34). The summed E-state index contributed by atoms with van der Waals surface area (Å²) in [5, 5.41) is 14.3. The van der Waals surface area contributed by atoms with Crippen LogP contribution in [-0.2, 0) is 6.54 Å². The summed E-state index contributed by atoms with van der Waals surface area (Å²) in [4.78, 5) is 4.22. The fourth-order valence-corrected chi connectivity index (χ4v) is 5.63. The van der Waals surface area contributed by atoms with E-state index in [9.17, 15) is 8.78 Å². The van der Waals surface area contributed by atoms with Crippen LogP contribution in [0.15, 0.2) is 59.9 Å². The lowest BCUT2D eigenvalue weighted by Crippen LogP contribution is -2.38. The van der Waals surface area contributed by atoms with Crippen molar-refractivity contribution in [3.05, 3.63) is 65.5 Å². The first-order valence-corrected chi connectivity index (χ1v) is 13.1. The number of unbranched alkanes of at least 4 members (excludes halogenated alkanes) is 1. The largest absolute Gasteiger partial charge is 0.351 e. The van der Waals surface area contributed by atoms with Gasteiger partial charge in [0.25, 0.3) is 6.43 Å². The zero-order chi connectivity index (χ0) is 24.9. The number of hydrogen-bond donors (Lipinski definition) is 1. The van der Waals surface area contributed by atoms with Gasteiger partial charge in [0.05, 0.1) is 6.67 Å². The minimum Gasteiger partial charge on any atom is -0.351 e. The summed E-state index contributed by atoms with van der Waals surface area (Å²) >= 11 is 0. The van der Waals surface area contributed by atoms with E-state index < -0.39 is 6.43 Å².